The zero-order valence-electron chi connectivity index (χ0n) is 11.2. The molecule has 7 heteroatoms. The van der Waals surface area contributed by atoms with Gasteiger partial charge in [-0.3, -0.25) is 4.79 Å². The van der Waals surface area contributed by atoms with Gasteiger partial charge in [-0.15, -0.1) is 11.3 Å². The van der Waals surface area contributed by atoms with Gasteiger partial charge in [0, 0.05) is 11.4 Å². The van der Waals surface area contributed by atoms with E-state index in [9.17, 15) is 4.79 Å². The molecule has 1 N–H and O–H groups in total. The lowest BCUT2D eigenvalue weighted by Gasteiger charge is -2.11. The molecule has 0 aliphatic heterocycles. The Morgan fingerprint density at radius 3 is 2.85 bits per heavy atom. The van der Waals surface area contributed by atoms with Gasteiger partial charge in [-0.2, -0.15) is 5.10 Å². The summed E-state index contributed by atoms with van der Waals surface area (Å²) in [6.45, 7) is 4.50. The summed E-state index contributed by atoms with van der Waals surface area (Å²) in [5.74, 6) is 0. The van der Waals surface area contributed by atoms with Crippen molar-refractivity contribution in [2.24, 2.45) is 0 Å². The molecule has 0 aromatic carbocycles. The molecule has 108 valence electrons. The first-order chi connectivity index (χ1) is 9.49. The van der Waals surface area contributed by atoms with E-state index in [1.165, 1.54) is 9.56 Å². The van der Waals surface area contributed by atoms with Crippen molar-refractivity contribution in [1.29, 1.82) is 0 Å². The number of aromatic nitrogens is 2. The van der Waals surface area contributed by atoms with E-state index in [4.69, 9.17) is 11.6 Å². The van der Waals surface area contributed by atoms with E-state index in [2.05, 4.69) is 32.4 Å². The maximum atomic E-state index is 12.0. The number of hydrogen-bond donors (Lipinski definition) is 1. The Morgan fingerprint density at radius 2 is 2.25 bits per heavy atom. The molecule has 0 bridgehead atoms. The molecule has 0 unspecified atom stereocenters. The Bertz CT molecular complexity index is 653. The average molecular weight is 377 g/mol. The van der Waals surface area contributed by atoms with Crippen LogP contribution in [-0.2, 0) is 6.42 Å². The summed E-state index contributed by atoms with van der Waals surface area (Å²) < 4.78 is 2.50. The highest BCUT2D eigenvalue weighted by Gasteiger charge is 2.10. The Balaban J connectivity index is 2.03. The zero-order valence-corrected chi connectivity index (χ0v) is 14.3. The van der Waals surface area contributed by atoms with E-state index in [1.807, 2.05) is 19.9 Å². The van der Waals surface area contributed by atoms with Crippen molar-refractivity contribution < 1.29 is 0 Å². The molecule has 0 atom stereocenters. The third kappa shape index (κ3) is 3.62. The predicted octanol–water partition coefficient (Wildman–Crippen LogP) is 3.96. The number of thiophene rings is 1. The van der Waals surface area contributed by atoms with Crippen LogP contribution in [0.4, 0.5) is 5.69 Å². The first-order valence-corrected chi connectivity index (χ1v) is 8.23. The van der Waals surface area contributed by atoms with Gasteiger partial charge < -0.3 is 5.32 Å². The fraction of sp³-hybridized carbons (Fsp3) is 0.385. The quantitative estimate of drug-likeness (QED) is 0.859. The highest BCUT2D eigenvalue weighted by molar-refractivity contribution is 9.11. The monoisotopic (exact) mass is 375 g/mol. The van der Waals surface area contributed by atoms with Crippen molar-refractivity contribution in [1.82, 2.24) is 9.78 Å². The largest absolute Gasteiger partial charge is 0.382 e. The molecular formula is C13H15BrClN3OS. The molecule has 2 aromatic heterocycles. The predicted molar refractivity (Wildman–Crippen MR) is 88.1 cm³/mol. The molecule has 0 spiro atoms. The SMILES string of the molecule is CC(C)n1ncc(NCCc2ccc(Br)s2)c(Cl)c1=O. The smallest absolute Gasteiger partial charge is 0.287 e. The molecule has 2 heterocycles. The van der Waals surface area contributed by atoms with Gasteiger partial charge in [-0.25, -0.2) is 4.68 Å². The summed E-state index contributed by atoms with van der Waals surface area (Å²) in [4.78, 5) is 13.3. The van der Waals surface area contributed by atoms with Gasteiger partial charge in [-0.1, -0.05) is 11.6 Å². The lowest BCUT2D eigenvalue weighted by atomic mass is 10.3. The molecule has 2 aromatic rings. The van der Waals surface area contributed by atoms with Crippen LogP contribution in [0.3, 0.4) is 0 Å². The van der Waals surface area contributed by atoms with E-state index in [1.54, 1.807) is 17.5 Å². The topological polar surface area (TPSA) is 46.9 Å². The van der Waals surface area contributed by atoms with Crippen LogP contribution in [0, 0.1) is 0 Å². The first kappa shape index (κ1) is 15.5. The number of nitrogens with zero attached hydrogens (tertiary/aromatic N) is 2. The molecule has 0 fully saturated rings. The second-order valence-electron chi connectivity index (χ2n) is 4.60. The molecule has 0 radical (unpaired) electrons. The number of nitrogens with one attached hydrogen (secondary N) is 1. The second-order valence-corrected chi connectivity index (χ2v) is 7.52. The molecule has 2 rings (SSSR count). The van der Waals surface area contributed by atoms with E-state index >= 15 is 0 Å². The van der Waals surface area contributed by atoms with Crippen molar-refractivity contribution in [2.75, 3.05) is 11.9 Å². The lowest BCUT2D eigenvalue weighted by Crippen LogP contribution is -2.26. The summed E-state index contributed by atoms with van der Waals surface area (Å²) in [6, 6.07) is 4.10. The van der Waals surface area contributed by atoms with Crippen LogP contribution in [0.25, 0.3) is 0 Å². The number of anilines is 1. The fourth-order valence-electron chi connectivity index (χ4n) is 1.74. The van der Waals surface area contributed by atoms with Gasteiger partial charge in [0.05, 0.1) is 21.7 Å². The molecule has 20 heavy (non-hydrogen) atoms. The van der Waals surface area contributed by atoms with E-state index in [0.717, 1.165) is 10.2 Å². The minimum atomic E-state index is -0.259. The highest BCUT2D eigenvalue weighted by Crippen LogP contribution is 2.23. The average Bonchev–Trinajstić information content (AvgIpc) is 2.80. The Hall–Kier alpha value is -0.850. The number of rotatable bonds is 5. The van der Waals surface area contributed by atoms with Crippen LogP contribution in [0.2, 0.25) is 5.02 Å². The molecule has 0 aliphatic rings. The van der Waals surface area contributed by atoms with Crippen molar-refractivity contribution in [3.8, 4) is 0 Å². The maximum Gasteiger partial charge on any atom is 0.287 e. The van der Waals surface area contributed by atoms with Gasteiger partial charge >= 0.3 is 0 Å². The van der Waals surface area contributed by atoms with E-state index < -0.39 is 0 Å². The minimum absolute atomic E-state index is 0.00230. The van der Waals surface area contributed by atoms with Gasteiger partial charge in [0.15, 0.2) is 0 Å². The summed E-state index contributed by atoms with van der Waals surface area (Å²) >= 11 is 11.2. The van der Waals surface area contributed by atoms with Crippen LogP contribution in [0.15, 0.2) is 26.9 Å². The highest BCUT2D eigenvalue weighted by atomic mass is 79.9. The van der Waals surface area contributed by atoms with Gasteiger partial charge in [0.2, 0.25) is 0 Å². The van der Waals surface area contributed by atoms with Gasteiger partial charge in [0.1, 0.15) is 5.02 Å². The Kier molecular flexibility index (Phi) is 5.23. The molecule has 0 saturated carbocycles. The number of halogens is 2. The lowest BCUT2D eigenvalue weighted by molar-refractivity contribution is 0.503. The second kappa shape index (κ2) is 6.74. The van der Waals surface area contributed by atoms with Gasteiger partial charge in [-0.05, 0) is 48.3 Å². The van der Waals surface area contributed by atoms with E-state index in [0.29, 0.717) is 12.2 Å². The van der Waals surface area contributed by atoms with Crippen LogP contribution in [0.1, 0.15) is 24.8 Å². The Labute approximate surface area is 134 Å². The Morgan fingerprint density at radius 1 is 1.50 bits per heavy atom. The number of hydrogen-bond acceptors (Lipinski definition) is 4. The van der Waals surface area contributed by atoms with Crippen molar-refractivity contribution >= 4 is 44.6 Å². The first-order valence-electron chi connectivity index (χ1n) is 6.24. The van der Waals surface area contributed by atoms with Crippen LogP contribution in [-0.4, -0.2) is 16.3 Å². The maximum absolute atomic E-state index is 12.0. The zero-order chi connectivity index (χ0) is 14.7. The third-order valence-electron chi connectivity index (χ3n) is 2.75. The standard InChI is InChI=1S/C13H15BrClN3OS/c1-8(2)18-13(19)12(15)10(7-17-18)16-6-5-9-3-4-11(14)20-9/h3-4,7-8,16H,5-6H2,1-2H3. The molecule has 4 nitrogen and oxygen atoms in total. The molecule has 0 amide bonds. The summed E-state index contributed by atoms with van der Waals surface area (Å²) in [5.41, 5.74) is 0.328. The minimum Gasteiger partial charge on any atom is -0.382 e. The van der Waals surface area contributed by atoms with Crippen molar-refractivity contribution in [2.45, 2.75) is 26.3 Å². The van der Waals surface area contributed by atoms with Crippen LogP contribution >= 0.6 is 38.9 Å². The van der Waals surface area contributed by atoms with Crippen LogP contribution in [0.5, 0.6) is 0 Å². The van der Waals surface area contributed by atoms with Gasteiger partial charge in [0.25, 0.3) is 5.56 Å². The molecular weight excluding hydrogens is 362 g/mol. The third-order valence-corrected chi connectivity index (χ3v) is 4.80. The van der Waals surface area contributed by atoms with E-state index in [-0.39, 0.29) is 16.6 Å². The summed E-state index contributed by atoms with van der Waals surface area (Å²) in [5, 5.41) is 7.48. The fourth-order valence-corrected chi connectivity index (χ4v) is 3.43. The van der Waals surface area contributed by atoms with Crippen molar-refractivity contribution in [3.05, 3.63) is 42.4 Å². The van der Waals surface area contributed by atoms with Crippen LogP contribution < -0.4 is 10.9 Å². The van der Waals surface area contributed by atoms with Crippen molar-refractivity contribution in [3.63, 3.8) is 0 Å². The summed E-state index contributed by atoms with van der Waals surface area (Å²) in [7, 11) is 0. The molecule has 0 aliphatic carbocycles. The normalized spacial score (nSPS) is 11.1. The molecule has 0 saturated heterocycles. The summed E-state index contributed by atoms with van der Waals surface area (Å²) in [6.07, 6.45) is 2.48.